The highest BCUT2D eigenvalue weighted by Gasteiger charge is 2.24. The molecule has 1 atom stereocenters. The van der Waals surface area contributed by atoms with Gasteiger partial charge in [-0.15, -0.1) is 0 Å². The Morgan fingerprint density at radius 1 is 0.967 bits per heavy atom. The summed E-state index contributed by atoms with van der Waals surface area (Å²) in [5.41, 5.74) is 3.95. The minimum atomic E-state index is -0.897. The van der Waals surface area contributed by atoms with Gasteiger partial charge in [0.05, 0.1) is 7.11 Å². The number of carboxylic acid groups (broad SMARTS) is 1. The largest absolute Gasteiger partial charge is 0.497 e. The number of carboxylic acids is 1. The van der Waals surface area contributed by atoms with Crippen molar-refractivity contribution in [2.45, 2.75) is 19.1 Å². The van der Waals surface area contributed by atoms with Gasteiger partial charge in [0.1, 0.15) is 11.8 Å². The number of aromatic nitrogens is 1. The number of carbonyl (C=O) groups is 1. The molecular weight excluding hydrogens is 376 g/mol. The quantitative estimate of drug-likeness (QED) is 0.453. The zero-order valence-corrected chi connectivity index (χ0v) is 16.8. The monoisotopic (exact) mass is 400 g/mol. The minimum Gasteiger partial charge on any atom is -0.497 e. The Morgan fingerprint density at radius 2 is 1.67 bits per heavy atom. The molecule has 0 bridgehead atoms. The second-order valence-corrected chi connectivity index (χ2v) is 7.22. The van der Waals surface area contributed by atoms with Crippen LogP contribution in [-0.2, 0) is 17.9 Å². The first kappa shape index (κ1) is 19.7. The molecule has 1 heterocycles. The summed E-state index contributed by atoms with van der Waals surface area (Å²) in [4.78, 5) is 12.1. The SMILES string of the molecule is COc1ccc(CNC(C(=O)O)c2cn(Cc3ccccc3)c3ccccc23)cc1. The van der Waals surface area contributed by atoms with Gasteiger partial charge in [0.15, 0.2) is 0 Å². The van der Waals surface area contributed by atoms with E-state index in [-0.39, 0.29) is 0 Å². The third kappa shape index (κ3) is 4.21. The molecule has 0 aliphatic rings. The van der Waals surface area contributed by atoms with Gasteiger partial charge in [-0.1, -0.05) is 60.7 Å². The van der Waals surface area contributed by atoms with Gasteiger partial charge in [-0.3, -0.25) is 10.1 Å². The van der Waals surface area contributed by atoms with Gasteiger partial charge in [0, 0.05) is 35.8 Å². The number of hydrogen-bond acceptors (Lipinski definition) is 3. The molecule has 0 aliphatic carbocycles. The Labute approximate surface area is 175 Å². The van der Waals surface area contributed by atoms with E-state index in [9.17, 15) is 9.90 Å². The molecule has 4 rings (SSSR count). The summed E-state index contributed by atoms with van der Waals surface area (Å²) in [7, 11) is 1.62. The number of aliphatic carboxylic acids is 1. The lowest BCUT2D eigenvalue weighted by Crippen LogP contribution is -2.28. The van der Waals surface area contributed by atoms with Crippen LogP contribution in [0.25, 0.3) is 10.9 Å². The van der Waals surface area contributed by atoms with Crippen LogP contribution in [0.1, 0.15) is 22.7 Å². The third-order valence-corrected chi connectivity index (χ3v) is 5.24. The van der Waals surface area contributed by atoms with E-state index in [1.165, 1.54) is 5.56 Å². The number of hydrogen-bond donors (Lipinski definition) is 2. The number of fused-ring (bicyclic) bond motifs is 1. The number of methoxy groups -OCH3 is 1. The van der Waals surface area contributed by atoms with Crippen LogP contribution in [0.3, 0.4) is 0 Å². The number of ether oxygens (including phenoxy) is 1. The lowest BCUT2D eigenvalue weighted by molar-refractivity contribution is -0.139. The first-order valence-corrected chi connectivity index (χ1v) is 9.86. The molecule has 2 N–H and O–H groups in total. The smallest absolute Gasteiger partial charge is 0.325 e. The predicted molar refractivity (Wildman–Crippen MR) is 118 cm³/mol. The summed E-state index contributed by atoms with van der Waals surface area (Å²) in [6.45, 7) is 1.13. The van der Waals surface area contributed by atoms with E-state index in [2.05, 4.69) is 22.0 Å². The summed E-state index contributed by atoms with van der Waals surface area (Å²) in [6.07, 6.45) is 1.96. The van der Waals surface area contributed by atoms with Crippen LogP contribution in [0.4, 0.5) is 0 Å². The number of nitrogens with one attached hydrogen (secondary N) is 1. The lowest BCUT2D eigenvalue weighted by Gasteiger charge is -2.14. The first-order chi connectivity index (χ1) is 14.7. The molecule has 0 fully saturated rings. The van der Waals surface area contributed by atoms with Crippen molar-refractivity contribution in [1.82, 2.24) is 9.88 Å². The summed E-state index contributed by atoms with van der Waals surface area (Å²) in [6, 6.07) is 24.9. The molecule has 0 amide bonds. The number of para-hydroxylation sites is 1. The topological polar surface area (TPSA) is 63.5 Å². The fourth-order valence-electron chi connectivity index (χ4n) is 3.71. The third-order valence-electron chi connectivity index (χ3n) is 5.24. The molecule has 1 unspecified atom stereocenters. The van der Waals surface area contributed by atoms with Crippen molar-refractivity contribution in [3.8, 4) is 5.75 Å². The van der Waals surface area contributed by atoms with Crippen molar-refractivity contribution in [2.24, 2.45) is 0 Å². The highest BCUT2D eigenvalue weighted by molar-refractivity contribution is 5.89. The molecule has 0 aliphatic heterocycles. The van der Waals surface area contributed by atoms with Crippen LogP contribution in [-0.4, -0.2) is 22.8 Å². The molecule has 3 aromatic carbocycles. The molecule has 4 aromatic rings. The van der Waals surface area contributed by atoms with E-state index in [1.807, 2.05) is 72.9 Å². The average molecular weight is 400 g/mol. The zero-order chi connectivity index (χ0) is 20.9. The highest BCUT2D eigenvalue weighted by Crippen LogP contribution is 2.28. The Balaban J connectivity index is 1.63. The molecule has 152 valence electrons. The Morgan fingerprint density at radius 3 is 2.37 bits per heavy atom. The van der Waals surface area contributed by atoms with Crippen LogP contribution in [0.15, 0.2) is 85.1 Å². The molecule has 30 heavy (non-hydrogen) atoms. The maximum absolute atomic E-state index is 12.1. The van der Waals surface area contributed by atoms with Crippen LogP contribution >= 0.6 is 0 Å². The summed E-state index contributed by atoms with van der Waals surface area (Å²) in [5.74, 6) is -0.122. The fourth-order valence-corrected chi connectivity index (χ4v) is 3.71. The summed E-state index contributed by atoms with van der Waals surface area (Å²) < 4.78 is 7.30. The van der Waals surface area contributed by atoms with Crippen molar-refractivity contribution >= 4 is 16.9 Å². The van der Waals surface area contributed by atoms with Gasteiger partial charge in [-0.05, 0) is 29.3 Å². The van der Waals surface area contributed by atoms with Gasteiger partial charge < -0.3 is 14.4 Å². The number of nitrogens with zero attached hydrogens (tertiary/aromatic N) is 1. The van der Waals surface area contributed by atoms with Crippen LogP contribution in [0.2, 0.25) is 0 Å². The van der Waals surface area contributed by atoms with E-state index in [4.69, 9.17) is 4.74 Å². The molecule has 0 saturated carbocycles. The second kappa shape index (κ2) is 8.84. The van der Waals surface area contributed by atoms with Crippen molar-refractivity contribution in [3.63, 3.8) is 0 Å². The van der Waals surface area contributed by atoms with Crippen molar-refractivity contribution < 1.29 is 14.6 Å². The molecule has 5 nitrogen and oxygen atoms in total. The molecule has 0 radical (unpaired) electrons. The molecule has 5 heteroatoms. The average Bonchev–Trinajstić information content (AvgIpc) is 3.13. The maximum Gasteiger partial charge on any atom is 0.325 e. The van der Waals surface area contributed by atoms with Gasteiger partial charge >= 0.3 is 5.97 Å². The number of rotatable bonds is 8. The molecule has 1 aromatic heterocycles. The fraction of sp³-hybridized carbons (Fsp3) is 0.160. The van der Waals surface area contributed by atoms with E-state index in [0.717, 1.165) is 27.8 Å². The van der Waals surface area contributed by atoms with E-state index in [0.29, 0.717) is 13.1 Å². The molecular formula is C25H24N2O3. The maximum atomic E-state index is 12.1. The number of benzene rings is 3. The normalized spacial score (nSPS) is 12.0. The van der Waals surface area contributed by atoms with Gasteiger partial charge in [0.2, 0.25) is 0 Å². The van der Waals surface area contributed by atoms with Crippen LogP contribution in [0, 0.1) is 0 Å². The van der Waals surface area contributed by atoms with Crippen LogP contribution in [0.5, 0.6) is 5.75 Å². The summed E-state index contributed by atoms with van der Waals surface area (Å²) in [5, 5.41) is 14.1. The first-order valence-electron chi connectivity index (χ1n) is 9.86. The van der Waals surface area contributed by atoms with Crippen molar-refractivity contribution in [3.05, 3.63) is 102 Å². The van der Waals surface area contributed by atoms with Crippen LogP contribution < -0.4 is 10.1 Å². The van der Waals surface area contributed by atoms with Gasteiger partial charge in [0.25, 0.3) is 0 Å². The second-order valence-electron chi connectivity index (χ2n) is 7.22. The molecule has 0 saturated heterocycles. The zero-order valence-electron chi connectivity index (χ0n) is 16.8. The lowest BCUT2D eigenvalue weighted by atomic mass is 10.1. The highest BCUT2D eigenvalue weighted by atomic mass is 16.5. The predicted octanol–water partition coefficient (Wildman–Crippen LogP) is 4.61. The van der Waals surface area contributed by atoms with E-state index in [1.54, 1.807) is 7.11 Å². The van der Waals surface area contributed by atoms with Gasteiger partial charge in [-0.25, -0.2) is 0 Å². The minimum absolute atomic E-state index is 0.444. The Bertz CT molecular complexity index is 1130. The Hall–Kier alpha value is -3.57. The van der Waals surface area contributed by atoms with Crippen molar-refractivity contribution in [2.75, 3.05) is 7.11 Å². The standard InChI is InChI=1S/C25H24N2O3/c1-30-20-13-11-18(12-14-20)15-26-24(25(28)29)22-17-27(16-19-7-3-2-4-8-19)23-10-6-5-9-21(22)23/h2-14,17,24,26H,15-16H2,1H3,(H,28,29). The molecule has 0 spiro atoms. The van der Waals surface area contributed by atoms with Crippen molar-refractivity contribution in [1.29, 1.82) is 0 Å². The Kier molecular flexibility index (Phi) is 5.82. The van der Waals surface area contributed by atoms with E-state index >= 15 is 0 Å². The van der Waals surface area contributed by atoms with Gasteiger partial charge in [-0.2, -0.15) is 0 Å². The summed E-state index contributed by atoms with van der Waals surface area (Å²) >= 11 is 0. The van der Waals surface area contributed by atoms with E-state index < -0.39 is 12.0 Å².